The highest BCUT2D eigenvalue weighted by Crippen LogP contribution is 2.16. The quantitative estimate of drug-likeness (QED) is 0.844. The lowest BCUT2D eigenvalue weighted by Gasteiger charge is -2.42. The molecule has 21 heavy (non-hydrogen) atoms. The molecule has 2 fully saturated rings. The van der Waals surface area contributed by atoms with Crippen LogP contribution in [0, 0.1) is 0 Å². The van der Waals surface area contributed by atoms with Crippen molar-refractivity contribution in [3.63, 3.8) is 0 Å². The van der Waals surface area contributed by atoms with Gasteiger partial charge < -0.3 is 15.0 Å². The first-order chi connectivity index (χ1) is 9.97. The van der Waals surface area contributed by atoms with Gasteiger partial charge in [0.05, 0.1) is 19.1 Å². The average Bonchev–Trinajstić information content (AvgIpc) is 2.47. The van der Waals surface area contributed by atoms with E-state index >= 15 is 0 Å². The van der Waals surface area contributed by atoms with E-state index in [2.05, 4.69) is 31.0 Å². The lowest BCUT2D eigenvalue weighted by Crippen LogP contribution is -2.54. The molecule has 1 amide bonds. The number of hydrogen-bond acceptors (Lipinski definition) is 4. The number of piperidine rings is 1. The fraction of sp³-hybridized carbons (Fsp3) is 0.938. The van der Waals surface area contributed by atoms with E-state index in [4.69, 9.17) is 4.74 Å². The number of carbonyl (C=O) groups excluding carboxylic acids is 1. The van der Waals surface area contributed by atoms with E-state index in [0.29, 0.717) is 19.1 Å². The zero-order valence-corrected chi connectivity index (χ0v) is 13.9. The van der Waals surface area contributed by atoms with Crippen LogP contribution in [0.5, 0.6) is 0 Å². The lowest BCUT2D eigenvalue weighted by atomic mass is 10.0. The summed E-state index contributed by atoms with van der Waals surface area (Å²) in [4.78, 5) is 16.7. The topological polar surface area (TPSA) is 44.8 Å². The molecule has 0 aliphatic carbocycles. The number of carbonyl (C=O) groups is 1. The molecule has 122 valence electrons. The molecule has 0 aromatic rings. The third kappa shape index (κ3) is 5.24. The Hall–Kier alpha value is -0.650. The van der Waals surface area contributed by atoms with Crippen molar-refractivity contribution in [2.24, 2.45) is 0 Å². The van der Waals surface area contributed by atoms with Gasteiger partial charge in [0.2, 0.25) is 5.91 Å². The van der Waals surface area contributed by atoms with Crippen LogP contribution in [-0.4, -0.2) is 73.2 Å². The van der Waals surface area contributed by atoms with Crippen molar-refractivity contribution in [2.45, 2.75) is 51.7 Å². The predicted octanol–water partition coefficient (Wildman–Crippen LogP) is 1.09. The van der Waals surface area contributed by atoms with Crippen LogP contribution in [0.25, 0.3) is 0 Å². The van der Waals surface area contributed by atoms with Gasteiger partial charge in [-0.2, -0.15) is 0 Å². The van der Waals surface area contributed by atoms with E-state index in [1.165, 1.54) is 0 Å². The van der Waals surface area contributed by atoms with Gasteiger partial charge in [-0.15, -0.1) is 0 Å². The molecule has 0 saturated carbocycles. The third-order valence-electron chi connectivity index (χ3n) is 4.54. The number of nitrogens with one attached hydrogen (secondary N) is 1. The fourth-order valence-corrected chi connectivity index (χ4v) is 3.06. The molecular formula is C16H31N3O2. The molecule has 2 aliphatic heterocycles. The van der Waals surface area contributed by atoms with E-state index in [1.807, 2.05) is 4.90 Å². The maximum atomic E-state index is 12.2. The predicted molar refractivity (Wildman–Crippen MR) is 84.4 cm³/mol. The number of ether oxygens (including phenoxy) is 1. The van der Waals surface area contributed by atoms with E-state index in [0.717, 1.165) is 52.1 Å². The normalized spacial score (nSPS) is 22.5. The minimum Gasteiger partial charge on any atom is -0.378 e. The zero-order chi connectivity index (χ0) is 15.3. The van der Waals surface area contributed by atoms with Gasteiger partial charge in [-0.05, 0) is 46.7 Å². The van der Waals surface area contributed by atoms with Crippen molar-refractivity contribution >= 4 is 5.91 Å². The summed E-state index contributed by atoms with van der Waals surface area (Å²) in [5, 5.41) is 3.32. The Labute approximate surface area is 129 Å². The molecule has 0 radical (unpaired) electrons. The molecule has 5 heteroatoms. The Kier molecular flexibility index (Phi) is 6.02. The van der Waals surface area contributed by atoms with Gasteiger partial charge in [0.1, 0.15) is 0 Å². The summed E-state index contributed by atoms with van der Waals surface area (Å²) in [5.74, 6) is 0.248. The molecule has 2 heterocycles. The van der Waals surface area contributed by atoms with E-state index in [-0.39, 0.29) is 11.4 Å². The molecule has 2 aliphatic rings. The van der Waals surface area contributed by atoms with Gasteiger partial charge in [0.15, 0.2) is 0 Å². The van der Waals surface area contributed by atoms with Crippen molar-refractivity contribution in [2.75, 3.05) is 45.9 Å². The van der Waals surface area contributed by atoms with Crippen LogP contribution in [-0.2, 0) is 9.53 Å². The highest BCUT2D eigenvalue weighted by molar-refractivity contribution is 5.76. The first-order valence-electron chi connectivity index (χ1n) is 8.32. The summed E-state index contributed by atoms with van der Waals surface area (Å²) >= 11 is 0. The van der Waals surface area contributed by atoms with Gasteiger partial charge in [-0.3, -0.25) is 9.69 Å². The van der Waals surface area contributed by atoms with Gasteiger partial charge in [-0.25, -0.2) is 0 Å². The summed E-state index contributed by atoms with van der Waals surface area (Å²) < 4.78 is 5.82. The minimum absolute atomic E-state index is 0.202. The molecule has 5 nitrogen and oxygen atoms in total. The molecule has 0 aromatic carbocycles. The monoisotopic (exact) mass is 297 g/mol. The second kappa shape index (κ2) is 7.56. The average molecular weight is 297 g/mol. The third-order valence-corrected chi connectivity index (χ3v) is 4.54. The number of amides is 1. The molecule has 0 unspecified atom stereocenters. The lowest BCUT2D eigenvalue weighted by molar-refractivity contribution is -0.135. The number of rotatable bonds is 4. The van der Waals surface area contributed by atoms with Gasteiger partial charge in [0, 0.05) is 31.7 Å². The molecule has 0 spiro atoms. The number of hydrogen-bond donors (Lipinski definition) is 1. The summed E-state index contributed by atoms with van der Waals surface area (Å²) in [5.41, 5.74) is 0.202. The van der Waals surface area contributed by atoms with Gasteiger partial charge in [-0.1, -0.05) is 0 Å². The van der Waals surface area contributed by atoms with Crippen molar-refractivity contribution in [1.29, 1.82) is 0 Å². The van der Waals surface area contributed by atoms with Crippen LogP contribution in [0.3, 0.4) is 0 Å². The Morgan fingerprint density at radius 3 is 2.33 bits per heavy atom. The minimum atomic E-state index is 0.202. The fourth-order valence-electron chi connectivity index (χ4n) is 3.06. The van der Waals surface area contributed by atoms with Gasteiger partial charge >= 0.3 is 0 Å². The number of nitrogens with zero attached hydrogens (tertiary/aromatic N) is 2. The molecular weight excluding hydrogens is 266 g/mol. The smallest absolute Gasteiger partial charge is 0.224 e. The second-order valence-electron chi connectivity index (χ2n) is 7.11. The van der Waals surface area contributed by atoms with E-state index < -0.39 is 0 Å². The largest absolute Gasteiger partial charge is 0.378 e. The van der Waals surface area contributed by atoms with Crippen LogP contribution in [0.2, 0.25) is 0 Å². The summed E-state index contributed by atoms with van der Waals surface area (Å²) in [6, 6.07) is 0. The summed E-state index contributed by atoms with van der Waals surface area (Å²) in [6.07, 6.45) is 3.01. The van der Waals surface area contributed by atoms with Crippen LogP contribution >= 0.6 is 0 Å². The van der Waals surface area contributed by atoms with E-state index in [9.17, 15) is 4.79 Å². The number of piperazine rings is 1. The van der Waals surface area contributed by atoms with Crippen LogP contribution in [0.15, 0.2) is 0 Å². The first-order valence-corrected chi connectivity index (χ1v) is 8.32. The molecule has 1 N–H and O–H groups in total. The Balaban J connectivity index is 1.63. The molecule has 2 saturated heterocycles. The Morgan fingerprint density at radius 1 is 1.14 bits per heavy atom. The van der Waals surface area contributed by atoms with Crippen molar-refractivity contribution in [3.8, 4) is 0 Å². The molecule has 0 aromatic heterocycles. The van der Waals surface area contributed by atoms with Crippen molar-refractivity contribution in [1.82, 2.24) is 15.1 Å². The highest BCUT2D eigenvalue weighted by atomic mass is 16.5. The van der Waals surface area contributed by atoms with Gasteiger partial charge in [0.25, 0.3) is 0 Å². The maximum Gasteiger partial charge on any atom is 0.224 e. The standard InChI is InChI=1S/C16H31N3O2/c1-16(2,3)19-11-9-18(10-12-19)15(20)6-13-21-14-4-7-17-8-5-14/h14,17H,4-13H2,1-3H3. The highest BCUT2D eigenvalue weighted by Gasteiger charge is 2.27. The maximum absolute atomic E-state index is 12.2. The first kappa shape index (κ1) is 16.7. The Morgan fingerprint density at radius 2 is 1.76 bits per heavy atom. The second-order valence-corrected chi connectivity index (χ2v) is 7.11. The van der Waals surface area contributed by atoms with E-state index in [1.54, 1.807) is 0 Å². The molecule has 0 bridgehead atoms. The zero-order valence-electron chi connectivity index (χ0n) is 13.9. The van der Waals surface area contributed by atoms with Crippen molar-refractivity contribution < 1.29 is 9.53 Å². The van der Waals surface area contributed by atoms with Crippen LogP contribution < -0.4 is 5.32 Å². The van der Waals surface area contributed by atoms with Crippen molar-refractivity contribution in [3.05, 3.63) is 0 Å². The molecule has 0 atom stereocenters. The summed E-state index contributed by atoms with van der Waals surface area (Å²) in [6.45, 7) is 13.0. The Bertz CT molecular complexity index is 327. The van der Waals surface area contributed by atoms with Crippen LogP contribution in [0.4, 0.5) is 0 Å². The molecule has 2 rings (SSSR count). The summed E-state index contributed by atoms with van der Waals surface area (Å²) in [7, 11) is 0. The van der Waals surface area contributed by atoms with Crippen LogP contribution in [0.1, 0.15) is 40.0 Å². The SMILES string of the molecule is CC(C)(C)N1CCN(C(=O)CCOC2CCNCC2)CC1.